The van der Waals surface area contributed by atoms with Crippen molar-refractivity contribution in [1.82, 2.24) is 39.3 Å². The van der Waals surface area contributed by atoms with Gasteiger partial charge in [0.15, 0.2) is 5.54 Å². The summed E-state index contributed by atoms with van der Waals surface area (Å²) in [6.45, 7) is 6.18. The highest BCUT2D eigenvalue weighted by atomic mass is 15.6. The summed E-state index contributed by atoms with van der Waals surface area (Å²) < 4.78 is 4.65. The minimum absolute atomic E-state index is 0.564. The van der Waals surface area contributed by atoms with E-state index in [9.17, 15) is 0 Å². The van der Waals surface area contributed by atoms with Crippen LogP contribution in [-0.4, -0.2) is 39.3 Å². The lowest BCUT2D eigenvalue weighted by atomic mass is 9.77. The van der Waals surface area contributed by atoms with Gasteiger partial charge in [-0.25, -0.2) is 9.97 Å². The Morgan fingerprint density at radius 1 is 0.695 bits per heavy atom. The van der Waals surface area contributed by atoms with Crippen molar-refractivity contribution in [3.63, 3.8) is 0 Å². The quantitative estimate of drug-likeness (QED) is 0.109. The van der Waals surface area contributed by atoms with E-state index in [4.69, 9.17) is 25.4 Å². The van der Waals surface area contributed by atoms with E-state index in [1.165, 1.54) is 24.0 Å². The Morgan fingerprint density at radius 2 is 1.32 bits per heavy atom. The van der Waals surface area contributed by atoms with Crippen molar-refractivity contribution in [1.29, 1.82) is 0 Å². The average Bonchev–Trinajstić information content (AvgIpc) is 3.59. The van der Waals surface area contributed by atoms with Crippen molar-refractivity contribution in [3.05, 3.63) is 198 Å². The summed E-state index contributed by atoms with van der Waals surface area (Å²) in [7, 11) is 0. The molecule has 10 rings (SSSR count). The maximum Gasteiger partial charge on any atom is 0.205 e. The van der Waals surface area contributed by atoms with Gasteiger partial charge in [-0.2, -0.15) is 0 Å². The lowest BCUT2D eigenvalue weighted by molar-refractivity contribution is 0.396. The van der Waals surface area contributed by atoms with E-state index in [1.807, 2.05) is 30.6 Å². The van der Waals surface area contributed by atoms with Crippen molar-refractivity contribution in [3.8, 4) is 33.8 Å². The Labute approximate surface area is 344 Å². The van der Waals surface area contributed by atoms with Gasteiger partial charge >= 0.3 is 0 Å². The zero-order valence-corrected chi connectivity index (χ0v) is 33.5. The zero-order valence-electron chi connectivity index (χ0n) is 33.5. The van der Waals surface area contributed by atoms with Gasteiger partial charge in [-0.05, 0) is 88.4 Å². The van der Waals surface area contributed by atoms with Crippen LogP contribution in [0.25, 0.3) is 44.8 Å². The van der Waals surface area contributed by atoms with Gasteiger partial charge in [0.2, 0.25) is 5.82 Å². The smallest absolute Gasteiger partial charge is 0.205 e. The topological polar surface area (TPSA) is 79.2 Å². The minimum atomic E-state index is -0.850. The van der Waals surface area contributed by atoms with Crippen LogP contribution < -0.4 is 0 Å². The number of nitrogens with zero attached hydrogens (tertiary/aromatic N) is 8. The molecule has 0 unspecified atom stereocenters. The Kier molecular flexibility index (Phi) is 9.53. The molecule has 3 aromatic heterocycles. The second-order valence-electron chi connectivity index (χ2n) is 15.9. The number of fused-ring (bicyclic) bond motifs is 1. The van der Waals surface area contributed by atoms with E-state index in [0.29, 0.717) is 5.82 Å². The first-order valence-electron chi connectivity index (χ1n) is 20.8. The maximum absolute atomic E-state index is 5.22. The lowest BCUT2D eigenvalue weighted by Crippen LogP contribution is -2.39. The molecule has 8 heteroatoms. The van der Waals surface area contributed by atoms with E-state index in [-0.39, 0.29) is 0 Å². The third-order valence-corrected chi connectivity index (χ3v) is 11.8. The summed E-state index contributed by atoms with van der Waals surface area (Å²) in [6.07, 6.45) is 8.78. The van der Waals surface area contributed by atoms with Gasteiger partial charge in [0, 0.05) is 36.8 Å². The Morgan fingerprint density at radius 3 is 1.95 bits per heavy atom. The molecule has 0 radical (unpaired) electrons. The first-order chi connectivity index (χ1) is 29.1. The molecule has 1 aliphatic rings. The SMILES string of the molecule is CCCc1nc2c(C)cc(-c3cn(CC4CC4)cn3)cc2n1Cc1ccc(-c2ccccc2-c2nnn(C(c3ccccc3)(c3ccccc3)c3ccccc3)n2)cc1. The van der Waals surface area contributed by atoms with Crippen LogP contribution >= 0.6 is 0 Å². The molecule has 0 N–H and O–H groups in total. The van der Waals surface area contributed by atoms with Crippen molar-refractivity contribution >= 4 is 11.0 Å². The van der Waals surface area contributed by atoms with Gasteiger partial charge in [0.05, 0.1) is 23.1 Å². The Bertz CT molecular complexity index is 2750. The van der Waals surface area contributed by atoms with Gasteiger partial charge < -0.3 is 9.13 Å². The van der Waals surface area contributed by atoms with Crippen LogP contribution in [0.4, 0.5) is 0 Å². The largest absolute Gasteiger partial charge is 0.337 e. The molecule has 9 aromatic rings. The van der Waals surface area contributed by atoms with Gasteiger partial charge in [0.1, 0.15) is 5.82 Å². The number of aromatic nitrogens is 8. The van der Waals surface area contributed by atoms with E-state index in [2.05, 4.69) is 157 Å². The normalized spacial score (nSPS) is 13.0. The predicted molar refractivity (Wildman–Crippen MR) is 235 cm³/mol. The third kappa shape index (κ3) is 6.84. The van der Waals surface area contributed by atoms with Crippen LogP contribution in [0.15, 0.2) is 164 Å². The van der Waals surface area contributed by atoms with Gasteiger partial charge in [-0.15, -0.1) is 15.0 Å². The summed E-state index contributed by atoms with van der Waals surface area (Å²) in [6, 6.07) is 53.1. The van der Waals surface area contributed by atoms with Crippen LogP contribution in [0.2, 0.25) is 0 Å². The number of tetrazole rings is 1. The van der Waals surface area contributed by atoms with Crippen molar-refractivity contribution in [2.24, 2.45) is 5.92 Å². The predicted octanol–water partition coefficient (Wildman–Crippen LogP) is 10.8. The summed E-state index contributed by atoms with van der Waals surface area (Å²) in [5.74, 6) is 2.48. The summed E-state index contributed by atoms with van der Waals surface area (Å²) in [5.41, 5.74) is 12.1. The van der Waals surface area contributed by atoms with E-state index in [0.717, 1.165) is 93.3 Å². The second-order valence-corrected chi connectivity index (χ2v) is 15.9. The molecule has 0 saturated heterocycles. The summed E-state index contributed by atoms with van der Waals surface area (Å²) >= 11 is 0. The highest BCUT2D eigenvalue weighted by Crippen LogP contribution is 2.41. The van der Waals surface area contributed by atoms with Gasteiger partial charge in [-0.3, -0.25) is 0 Å². The molecule has 6 aromatic carbocycles. The van der Waals surface area contributed by atoms with Crippen molar-refractivity contribution < 1.29 is 0 Å². The molecule has 3 heterocycles. The summed E-state index contributed by atoms with van der Waals surface area (Å²) in [4.78, 5) is 11.8. The van der Waals surface area contributed by atoms with Crippen LogP contribution in [-0.2, 0) is 25.0 Å². The number of hydrogen-bond donors (Lipinski definition) is 0. The second kappa shape index (κ2) is 15.4. The van der Waals surface area contributed by atoms with Crippen LogP contribution in [0.1, 0.15) is 59.8 Å². The maximum atomic E-state index is 5.22. The first-order valence-corrected chi connectivity index (χ1v) is 20.8. The molecular formula is C51H46N8. The fourth-order valence-corrected chi connectivity index (χ4v) is 8.64. The van der Waals surface area contributed by atoms with E-state index in [1.54, 1.807) is 4.80 Å². The first kappa shape index (κ1) is 36.4. The molecule has 1 fully saturated rings. The van der Waals surface area contributed by atoms with Crippen LogP contribution in [0, 0.1) is 12.8 Å². The lowest BCUT2D eigenvalue weighted by Gasteiger charge is -2.34. The number of rotatable bonds is 13. The van der Waals surface area contributed by atoms with Crippen LogP contribution in [0.3, 0.4) is 0 Å². The highest BCUT2D eigenvalue weighted by molar-refractivity contribution is 5.85. The van der Waals surface area contributed by atoms with E-state index >= 15 is 0 Å². The standard InChI is InChI=1S/C51H46N8/c1-3-15-48-53-49-36(2)30-40(46-34-57(35-52-46)32-37-24-25-37)31-47(49)58(48)33-38-26-28-39(29-27-38)44-22-13-14-23-45(44)50-54-56-59(55-50)51(41-16-7-4-8-17-41,42-18-9-5-10-19-42)43-20-11-6-12-21-43/h4-14,16-23,26-31,34-35,37H,3,15,24-25,32-33H2,1-2H3. The molecule has 290 valence electrons. The molecule has 8 nitrogen and oxygen atoms in total. The number of aryl methyl sites for hydroxylation is 2. The Hall–Kier alpha value is -6.93. The van der Waals surface area contributed by atoms with Gasteiger partial charge in [-0.1, -0.05) is 146 Å². The molecule has 1 saturated carbocycles. The zero-order chi connectivity index (χ0) is 39.8. The molecule has 0 amide bonds. The van der Waals surface area contributed by atoms with Crippen molar-refractivity contribution in [2.75, 3.05) is 0 Å². The van der Waals surface area contributed by atoms with Crippen LogP contribution in [0.5, 0.6) is 0 Å². The number of benzene rings is 6. The number of hydrogen-bond acceptors (Lipinski definition) is 5. The fourth-order valence-electron chi connectivity index (χ4n) is 8.64. The molecule has 0 spiro atoms. The van der Waals surface area contributed by atoms with Gasteiger partial charge in [0.25, 0.3) is 0 Å². The molecule has 59 heavy (non-hydrogen) atoms. The third-order valence-electron chi connectivity index (χ3n) is 11.8. The molecule has 0 atom stereocenters. The molecular weight excluding hydrogens is 725 g/mol. The molecule has 0 bridgehead atoms. The average molecular weight is 771 g/mol. The molecule has 0 aliphatic heterocycles. The summed E-state index contributed by atoms with van der Waals surface area (Å²) in [5, 5.41) is 14.8. The Balaban J connectivity index is 0.995. The fraction of sp³-hybridized carbons (Fsp3) is 0.196. The number of imidazole rings is 2. The van der Waals surface area contributed by atoms with Crippen molar-refractivity contribution in [2.45, 2.75) is 58.2 Å². The van der Waals surface area contributed by atoms with E-state index < -0.39 is 5.54 Å². The molecule has 1 aliphatic carbocycles. The monoisotopic (exact) mass is 770 g/mol. The minimum Gasteiger partial charge on any atom is -0.337 e. The highest BCUT2D eigenvalue weighted by Gasteiger charge is 2.41.